The summed E-state index contributed by atoms with van der Waals surface area (Å²) in [4.78, 5) is 2.45. The molecule has 5 nitrogen and oxygen atoms in total. The van der Waals surface area contributed by atoms with E-state index >= 15 is 0 Å². The van der Waals surface area contributed by atoms with Crippen molar-refractivity contribution < 1.29 is 9.84 Å². The normalized spacial score (nSPS) is 23.1. The first-order valence-corrected chi connectivity index (χ1v) is 10.3. The maximum Gasteiger partial charge on any atom is 0.200 e. The molecule has 0 aliphatic carbocycles. The van der Waals surface area contributed by atoms with E-state index in [-0.39, 0.29) is 11.8 Å². The summed E-state index contributed by atoms with van der Waals surface area (Å²) in [6.45, 7) is 5.25. The maximum atomic E-state index is 10.4. The van der Waals surface area contributed by atoms with Crippen LogP contribution >= 0.6 is 11.6 Å². The first-order chi connectivity index (χ1) is 13.6. The Bertz CT molecular complexity index is 937. The van der Waals surface area contributed by atoms with Gasteiger partial charge in [-0.2, -0.15) is 5.10 Å². The number of nitrogens with zero attached hydrogens (tertiary/aromatic N) is 3. The standard InChI is InChI=1S/C22H24ClN3O2/c1-2-25-11-9-22(10-12-25)26-19(16-5-3-4-6-21(16)28-22)14-18(24-26)17-13-15(23)7-8-20(17)27/h3-8,13,19,27H,2,9-12,14H2,1H3. The van der Waals surface area contributed by atoms with E-state index in [1.54, 1.807) is 18.2 Å². The maximum absolute atomic E-state index is 10.4. The molecule has 0 amide bonds. The van der Waals surface area contributed by atoms with Crippen LogP contribution in [0, 0.1) is 0 Å². The van der Waals surface area contributed by atoms with Crippen LogP contribution in [0.2, 0.25) is 5.02 Å². The molecule has 1 fully saturated rings. The van der Waals surface area contributed by atoms with Crippen LogP contribution in [0.1, 0.15) is 43.4 Å². The molecule has 1 saturated heterocycles. The predicted octanol–water partition coefficient (Wildman–Crippen LogP) is 4.40. The van der Waals surface area contributed by atoms with E-state index in [9.17, 15) is 5.11 Å². The van der Waals surface area contributed by atoms with Crippen molar-refractivity contribution in [2.75, 3.05) is 19.6 Å². The molecule has 1 spiro atoms. The molecule has 5 rings (SSSR count). The number of likely N-dealkylation sites (tertiary alicyclic amines) is 1. The molecular weight excluding hydrogens is 374 g/mol. The summed E-state index contributed by atoms with van der Waals surface area (Å²) in [5.41, 5.74) is 2.30. The van der Waals surface area contributed by atoms with E-state index in [0.29, 0.717) is 10.6 Å². The molecule has 3 aliphatic heterocycles. The molecule has 1 unspecified atom stereocenters. The van der Waals surface area contributed by atoms with Gasteiger partial charge in [-0.15, -0.1) is 0 Å². The van der Waals surface area contributed by atoms with Gasteiger partial charge in [0.1, 0.15) is 11.5 Å². The first-order valence-electron chi connectivity index (χ1n) is 9.96. The van der Waals surface area contributed by atoms with Crippen LogP contribution in [0.3, 0.4) is 0 Å². The van der Waals surface area contributed by atoms with Gasteiger partial charge in [0.05, 0.1) is 11.8 Å². The van der Waals surface area contributed by atoms with E-state index in [1.165, 1.54) is 0 Å². The Morgan fingerprint density at radius 2 is 2.00 bits per heavy atom. The molecule has 3 heterocycles. The highest BCUT2D eigenvalue weighted by atomic mass is 35.5. The van der Waals surface area contributed by atoms with Gasteiger partial charge in [-0.1, -0.05) is 36.7 Å². The van der Waals surface area contributed by atoms with Crippen molar-refractivity contribution in [3.8, 4) is 11.5 Å². The molecule has 0 bridgehead atoms. The average molecular weight is 398 g/mol. The third-order valence-corrected chi connectivity index (χ3v) is 6.49. The smallest absolute Gasteiger partial charge is 0.200 e. The van der Waals surface area contributed by atoms with Crippen LogP contribution in [0.25, 0.3) is 0 Å². The second kappa shape index (κ2) is 6.68. The first kappa shape index (κ1) is 17.8. The predicted molar refractivity (Wildman–Crippen MR) is 110 cm³/mol. The lowest BCUT2D eigenvalue weighted by Gasteiger charge is -2.51. The number of hydrogen-bond acceptors (Lipinski definition) is 5. The van der Waals surface area contributed by atoms with Gasteiger partial charge < -0.3 is 14.7 Å². The summed E-state index contributed by atoms with van der Waals surface area (Å²) >= 11 is 6.19. The quantitative estimate of drug-likeness (QED) is 0.815. The fraction of sp³-hybridized carbons (Fsp3) is 0.409. The zero-order chi connectivity index (χ0) is 19.3. The third-order valence-electron chi connectivity index (χ3n) is 6.26. The van der Waals surface area contributed by atoms with Gasteiger partial charge in [0.15, 0.2) is 0 Å². The molecule has 1 atom stereocenters. The van der Waals surface area contributed by atoms with Crippen molar-refractivity contribution >= 4 is 17.3 Å². The average Bonchev–Trinajstić information content (AvgIpc) is 3.17. The number of piperidine rings is 1. The molecule has 28 heavy (non-hydrogen) atoms. The van der Waals surface area contributed by atoms with Gasteiger partial charge in [0.25, 0.3) is 0 Å². The topological polar surface area (TPSA) is 48.3 Å². The number of hydrazone groups is 1. The SMILES string of the molecule is CCN1CCC2(CC1)Oc1ccccc1C1CC(c3cc(Cl)ccc3O)=NN12. The Hall–Kier alpha value is -2.24. The summed E-state index contributed by atoms with van der Waals surface area (Å²) in [7, 11) is 0. The lowest BCUT2D eigenvalue weighted by Crippen LogP contribution is -2.59. The van der Waals surface area contributed by atoms with E-state index in [2.05, 4.69) is 29.0 Å². The molecule has 0 aromatic heterocycles. The van der Waals surface area contributed by atoms with Crippen LogP contribution in [0.5, 0.6) is 11.5 Å². The number of phenolic OH excluding ortho intramolecular Hbond substituents is 1. The minimum Gasteiger partial charge on any atom is -0.507 e. The van der Waals surface area contributed by atoms with Crippen molar-refractivity contribution in [1.82, 2.24) is 9.91 Å². The summed E-state index contributed by atoms with van der Waals surface area (Å²) in [6, 6.07) is 13.5. The highest BCUT2D eigenvalue weighted by Gasteiger charge is 2.51. The number of ether oxygens (including phenoxy) is 1. The van der Waals surface area contributed by atoms with Gasteiger partial charge >= 0.3 is 0 Å². The van der Waals surface area contributed by atoms with Crippen molar-refractivity contribution in [3.05, 3.63) is 58.6 Å². The molecule has 3 aliphatic rings. The molecule has 2 aromatic carbocycles. The van der Waals surface area contributed by atoms with Gasteiger partial charge in [-0.25, -0.2) is 5.01 Å². The fourth-order valence-corrected chi connectivity index (χ4v) is 4.85. The van der Waals surface area contributed by atoms with Gasteiger partial charge in [0.2, 0.25) is 5.72 Å². The lowest BCUT2D eigenvalue weighted by molar-refractivity contribution is -0.149. The second-order valence-corrected chi connectivity index (χ2v) is 8.23. The highest BCUT2D eigenvalue weighted by Crippen LogP contribution is 2.50. The van der Waals surface area contributed by atoms with E-state index in [1.807, 2.05) is 12.1 Å². The Morgan fingerprint density at radius 1 is 1.21 bits per heavy atom. The second-order valence-electron chi connectivity index (χ2n) is 7.79. The molecule has 6 heteroatoms. The largest absolute Gasteiger partial charge is 0.507 e. The molecule has 2 aromatic rings. The van der Waals surface area contributed by atoms with Crippen molar-refractivity contribution in [2.45, 2.75) is 38.0 Å². The minimum absolute atomic E-state index is 0.117. The summed E-state index contributed by atoms with van der Waals surface area (Å²) < 4.78 is 6.61. The number of phenols is 1. The van der Waals surface area contributed by atoms with E-state index in [4.69, 9.17) is 21.4 Å². The summed E-state index contributed by atoms with van der Waals surface area (Å²) in [5, 5.41) is 18.2. The zero-order valence-corrected chi connectivity index (χ0v) is 16.7. The molecule has 0 saturated carbocycles. The van der Waals surface area contributed by atoms with Crippen LogP contribution < -0.4 is 4.74 Å². The van der Waals surface area contributed by atoms with Gasteiger partial charge in [0, 0.05) is 48.5 Å². The van der Waals surface area contributed by atoms with Crippen molar-refractivity contribution in [2.24, 2.45) is 5.10 Å². The third kappa shape index (κ3) is 2.76. The monoisotopic (exact) mass is 397 g/mol. The van der Waals surface area contributed by atoms with Crippen molar-refractivity contribution in [3.63, 3.8) is 0 Å². The minimum atomic E-state index is -0.430. The van der Waals surface area contributed by atoms with Crippen LogP contribution in [0.15, 0.2) is 47.6 Å². The number of benzene rings is 2. The number of aromatic hydroxyl groups is 1. The molecular formula is C22H24ClN3O2. The Morgan fingerprint density at radius 3 is 2.79 bits per heavy atom. The van der Waals surface area contributed by atoms with E-state index < -0.39 is 5.72 Å². The Kier molecular flexibility index (Phi) is 4.25. The van der Waals surface area contributed by atoms with Gasteiger partial charge in [-0.05, 0) is 30.8 Å². The van der Waals surface area contributed by atoms with Crippen LogP contribution in [0.4, 0.5) is 0 Å². The Labute approximate surface area is 170 Å². The number of fused-ring (bicyclic) bond motifs is 4. The molecule has 0 radical (unpaired) electrons. The number of hydrogen-bond donors (Lipinski definition) is 1. The fourth-order valence-electron chi connectivity index (χ4n) is 4.68. The number of halogens is 1. The zero-order valence-electron chi connectivity index (χ0n) is 15.9. The number of para-hydroxylation sites is 1. The Balaban J connectivity index is 1.57. The highest BCUT2D eigenvalue weighted by molar-refractivity contribution is 6.31. The van der Waals surface area contributed by atoms with Crippen molar-refractivity contribution in [1.29, 1.82) is 0 Å². The molecule has 146 valence electrons. The van der Waals surface area contributed by atoms with Crippen LogP contribution in [-0.2, 0) is 0 Å². The molecule has 1 N–H and O–H groups in total. The van der Waals surface area contributed by atoms with Crippen LogP contribution in [-0.4, -0.2) is 46.1 Å². The summed E-state index contributed by atoms with van der Waals surface area (Å²) in [6.07, 6.45) is 2.54. The van der Waals surface area contributed by atoms with Gasteiger partial charge in [-0.3, -0.25) is 0 Å². The number of rotatable bonds is 2. The summed E-state index contributed by atoms with van der Waals surface area (Å²) in [5.74, 6) is 1.17. The van der Waals surface area contributed by atoms with E-state index in [0.717, 1.165) is 55.9 Å². The lowest BCUT2D eigenvalue weighted by atomic mass is 9.90.